The summed E-state index contributed by atoms with van der Waals surface area (Å²) in [6.07, 6.45) is 0. The van der Waals surface area contributed by atoms with Crippen LogP contribution in [0.25, 0.3) is 77.8 Å². The number of hydrogen-bond acceptors (Lipinski definition) is 2. The fourth-order valence-electron chi connectivity index (χ4n) is 6.99. The molecule has 0 unspecified atom stereocenters. The Hall–Kier alpha value is -6.14. The minimum Gasteiger partial charge on any atom is -0.309 e. The molecule has 206 valence electrons. The van der Waals surface area contributed by atoms with Gasteiger partial charge >= 0.3 is 0 Å². The highest BCUT2D eigenvalue weighted by Crippen LogP contribution is 2.38. The molecule has 0 radical (unpaired) electrons. The van der Waals surface area contributed by atoms with Gasteiger partial charge < -0.3 is 4.57 Å². The van der Waals surface area contributed by atoms with E-state index < -0.39 is 0 Å². The second kappa shape index (κ2) is 8.69. The van der Waals surface area contributed by atoms with Gasteiger partial charge in [-0.25, -0.2) is 14.5 Å². The van der Waals surface area contributed by atoms with Crippen molar-refractivity contribution in [2.45, 2.75) is 0 Å². The van der Waals surface area contributed by atoms with Crippen molar-refractivity contribution >= 4 is 66.5 Å². The van der Waals surface area contributed by atoms with Gasteiger partial charge in [-0.05, 0) is 66.7 Å². The number of nitrogens with zero attached hydrogens (tertiary/aromatic N) is 6. The van der Waals surface area contributed by atoms with Gasteiger partial charge in [0.15, 0.2) is 0 Å². The first-order valence-electron chi connectivity index (χ1n) is 14.8. The van der Waals surface area contributed by atoms with Crippen LogP contribution in [0.2, 0.25) is 0 Å². The first-order chi connectivity index (χ1) is 21.9. The predicted octanol–water partition coefficient (Wildman–Crippen LogP) is 8.89. The summed E-state index contributed by atoms with van der Waals surface area (Å²) < 4.78 is 9.17. The number of hydrogen-bond donors (Lipinski definition) is 0. The number of aromatic nitrogens is 6. The summed E-state index contributed by atoms with van der Waals surface area (Å²) in [6, 6.07) is 51.1. The molecule has 0 aliphatic heterocycles. The van der Waals surface area contributed by atoms with Crippen LogP contribution in [0.15, 0.2) is 146 Å². The fourth-order valence-corrected chi connectivity index (χ4v) is 6.99. The van der Waals surface area contributed by atoms with Gasteiger partial charge in [-0.15, -0.1) is 0 Å². The maximum absolute atomic E-state index is 5.32. The Morgan fingerprint density at radius 3 is 1.50 bits per heavy atom. The second-order valence-electron chi connectivity index (χ2n) is 11.2. The molecule has 10 aromatic rings. The van der Waals surface area contributed by atoms with Gasteiger partial charge in [-0.2, -0.15) is 0 Å². The lowest BCUT2D eigenvalue weighted by Crippen LogP contribution is -2.03. The topological polar surface area (TPSA) is 44.5 Å². The zero-order valence-electron chi connectivity index (χ0n) is 23.5. The lowest BCUT2D eigenvalue weighted by atomic mass is 10.1. The number of para-hydroxylation sites is 8. The van der Waals surface area contributed by atoms with Crippen LogP contribution in [0.5, 0.6) is 0 Å². The van der Waals surface area contributed by atoms with Gasteiger partial charge in [-0.1, -0.05) is 78.9 Å². The van der Waals surface area contributed by atoms with Crippen molar-refractivity contribution in [3.63, 3.8) is 0 Å². The van der Waals surface area contributed by atoms with E-state index in [1.54, 1.807) is 0 Å². The Balaban J connectivity index is 1.52. The summed E-state index contributed by atoms with van der Waals surface area (Å²) in [5, 5.41) is 2.32. The Morgan fingerprint density at radius 2 is 0.864 bits per heavy atom. The molecule has 6 heteroatoms. The molecule has 44 heavy (non-hydrogen) atoms. The van der Waals surface area contributed by atoms with E-state index in [0.717, 1.165) is 72.4 Å². The van der Waals surface area contributed by atoms with Gasteiger partial charge in [0, 0.05) is 16.5 Å². The smallest absolute Gasteiger partial charge is 0.223 e. The van der Waals surface area contributed by atoms with Crippen molar-refractivity contribution < 1.29 is 0 Å². The van der Waals surface area contributed by atoms with E-state index in [4.69, 9.17) is 9.97 Å². The third-order valence-corrected chi connectivity index (χ3v) is 8.78. The summed E-state index contributed by atoms with van der Waals surface area (Å²) in [7, 11) is 0. The van der Waals surface area contributed by atoms with Gasteiger partial charge in [0.25, 0.3) is 0 Å². The minimum absolute atomic E-state index is 0.803. The van der Waals surface area contributed by atoms with E-state index in [1.807, 2.05) is 0 Å². The largest absolute Gasteiger partial charge is 0.309 e. The molecule has 4 aromatic heterocycles. The van der Waals surface area contributed by atoms with Crippen LogP contribution in [0.3, 0.4) is 0 Å². The van der Waals surface area contributed by atoms with Crippen molar-refractivity contribution in [3.05, 3.63) is 146 Å². The highest BCUT2D eigenvalue weighted by Gasteiger charge is 2.22. The van der Waals surface area contributed by atoms with Crippen molar-refractivity contribution in [1.29, 1.82) is 0 Å². The van der Waals surface area contributed by atoms with Gasteiger partial charge in [0.1, 0.15) is 0 Å². The molecule has 4 heterocycles. The van der Waals surface area contributed by atoms with Crippen LogP contribution in [-0.4, -0.2) is 27.9 Å². The van der Waals surface area contributed by atoms with Crippen molar-refractivity contribution in [2.24, 2.45) is 0 Å². The SMILES string of the molecule is c1ccc(-n2c3ccccc3c3c(-n4c5nc6ccccc6n5c5ccccc5n5c6ccccc6nc45)cccc32)cc1. The molecular weight excluding hydrogens is 540 g/mol. The first kappa shape index (κ1) is 23.4. The average Bonchev–Trinajstić information content (AvgIpc) is 3.73. The number of imidazole rings is 2. The molecule has 0 saturated heterocycles. The van der Waals surface area contributed by atoms with E-state index in [-0.39, 0.29) is 0 Å². The molecule has 0 bridgehead atoms. The molecule has 0 atom stereocenters. The number of rotatable bonds is 2. The Bertz CT molecular complexity index is 2660. The standard InChI is InChI=1S/C38H24N6/c1-2-13-25(14-3-1)41-29-18-7-4-15-26(29)36-34(41)23-12-24-35(36)44-37-39-27-16-5-8-19-30(27)42(37)32-21-10-11-22-33(32)43-31-20-9-6-17-28(31)40-38(43)44/h1-24H. The summed E-state index contributed by atoms with van der Waals surface area (Å²) in [5.74, 6) is 1.61. The molecule has 6 aromatic carbocycles. The molecule has 0 saturated carbocycles. The van der Waals surface area contributed by atoms with E-state index in [2.05, 4.69) is 164 Å². The van der Waals surface area contributed by atoms with Crippen LogP contribution in [0.4, 0.5) is 0 Å². The van der Waals surface area contributed by atoms with Gasteiger partial charge in [-0.3, -0.25) is 8.80 Å². The van der Waals surface area contributed by atoms with Crippen LogP contribution < -0.4 is 0 Å². The lowest BCUT2D eigenvalue weighted by Gasteiger charge is -2.11. The first-order valence-corrected chi connectivity index (χ1v) is 14.8. The third kappa shape index (κ3) is 3.03. The van der Waals surface area contributed by atoms with Crippen molar-refractivity contribution in [3.8, 4) is 11.4 Å². The summed E-state index contributed by atoms with van der Waals surface area (Å²) in [5.41, 5.74) is 10.5. The molecule has 0 aliphatic carbocycles. The average molecular weight is 565 g/mol. The molecule has 0 fully saturated rings. The normalized spacial score (nSPS) is 12.1. The van der Waals surface area contributed by atoms with E-state index in [9.17, 15) is 0 Å². The minimum atomic E-state index is 0.803. The zero-order chi connectivity index (χ0) is 28.8. The zero-order valence-corrected chi connectivity index (χ0v) is 23.5. The van der Waals surface area contributed by atoms with E-state index in [1.165, 1.54) is 5.39 Å². The summed E-state index contributed by atoms with van der Waals surface area (Å²) >= 11 is 0. The molecule has 0 N–H and O–H groups in total. The van der Waals surface area contributed by atoms with Crippen molar-refractivity contribution in [1.82, 2.24) is 27.9 Å². The third-order valence-electron chi connectivity index (χ3n) is 8.78. The predicted molar refractivity (Wildman–Crippen MR) is 179 cm³/mol. The molecule has 0 aliphatic rings. The summed E-state index contributed by atoms with van der Waals surface area (Å²) in [6.45, 7) is 0. The maximum atomic E-state index is 5.32. The van der Waals surface area contributed by atoms with Crippen LogP contribution in [-0.2, 0) is 0 Å². The monoisotopic (exact) mass is 564 g/mol. The quantitative estimate of drug-likeness (QED) is 0.210. The highest BCUT2D eigenvalue weighted by atomic mass is 15.3. The van der Waals surface area contributed by atoms with Gasteiger partial charge in [0.05, 0.1) is 49.8 Å². The molecular formula is C38H24N6. The molecule has 6 nitrogen and oxygen atoms in total. The Kier molecular flexibility index (Phi) is 4.63. The fraction of sp³-hybridized carbons (Fsp3) is 0. The maximum Gasteiger partial charge on any atom is 0.223 e. The number of fused-ring (bicyclic) bond motifs is 12. The Morgan fingerprint density at radius 1 is 0.364 bits per heavy atom. The highest BCUT2D eigenvalue weighted by molar-refractivity contribution is 6.13. The van der Waals surface area contributed by atoms with E-state index >= 15 is 0 Å². The van der Waals surface area contributed by atoms with Crippen LogP contribution in [0, 0.1) is 0 Å². The van der Waals surface area contributed by atoms with E-state index in [0.29, 0.717) is 0 Å². The molecule has 10 rings (SSSR count). The molecule has 0 spiro atoms. The van der Waals surface area contributed by atoms with Gasteiger partial charge in [0.2, 0.25) is 11.6 Å². The Labute approximate surface area is 250 Å². The summed E-state index contributed by atoms with van der Waals surface area (Å²) in [4.78, 5) is 10.6. The van der Waals surface area contributed by atoms with Crippen LogP contribution in [0.1, 0.15) is 0 Å². The molecule has 0 amide bonds. The number of benzene rings is 6. The lowest BCUT2D eigenvalue weighted by molar-refractivity contribution is 1.03. The second-order valence-corrected chi connectivity index (χ2v) is 11.2. The van der Waals surface area contributed by atoms with Crippen molar-refractivity contribution in [2.75, 3.05) is 0 Å². The van der Waals surface area contributed by atoms with Crippen LogP contribution >= 0.6 is 0 Å².